The van der Waals surface area contributed by atoms with Crippen LogP contribution in [0.4, 0.5) is 5.69 Å². The number of piperazine rings is 1. The van der Waals surface area contributed by atoms with Gasteiger partial charge in [0.25, 0.3) is 5.91 Å². The van der Waals surface area contributed by atoms with Gasteiger partial charge in [0.1, 0.15) is 0 Å². The van der Waals surface area contributed by atoms with Gasteiger partial charge in [-0.25, -0.2) is 0 Å². The van der Waals surface area contributed by atoms with E-state index in [9.17, 15) is 14.4 Å². The first-order chi connectivity index (χ1) is 11.0. The van der Waals surface area contributed by atoms with Crippen LogP contribution in [0.2, 0.25) is 0 Å². The molecular formula is C17H19N3O3. The molecule has 0 atom stereocenters. The van der Waals surface area contributed by atoms with Gasteiger partial charge in [-0.3, -0.25) is 14.4 Å². The minimum absolute atomic E-state index is 0.00468. The Hall–Kier alpha value is -2.37. The van der Waals surface area contributed by atoms with Gasteiger partial charge in [-0.05, 0) is 29.7 Å². The molecule has 3 aliphatic heterocycles. The quantitative estimate of drug-likeness (QED) is 0.756. The van der Waals surface area contributed by atoms with E-state index >= 15 is 0 Å². The van der Waals surface area contributed by atoms with E-state index in [2.05, 4.69) is 0 Å². The van der Waals surface area contributed by atoms with Crippen molar-refractivity contribution in [3.63, 3.8) is 0 Å². The number of nitrogens with zero attached hydrogens (tertiary/aromatic N) is 3. The molecule has 3 amide bonds. The van der Waals surface area contributed by atoms with Crippen molar-refractivity contribution in [3.8, 4) is 0 Å². The van der Waals surface area contributed by atoms with E-state index in [1.165, 1.54) is 0 Å². The Kier molecular flexibility index (Phi) is 3.14. The Balaban J connectivity index is 1.56. The van der Waals surface area contributed by atoms with Gasteiger partial charge in [-0.2, -0.15) is 0 Å². The van der Waals surface area contributed by atoms with Crippen molar-refractivity contribution in [1.29, 1.82) is 0 Å². The van der Waals surface area contributed by atoms with Gasteiger partial charge in [0, 0.05) is 45.2 Å². The predicted molar refractivity (Wildman–Crippen MR) is 84.4 cm³/mol. The first-order valence-corrected chi connectivity index (χ1v) is 8.05. The Labute approximate surface area is 134 Å². The molecule has 0 saturated carbocycles. The predicted octanol–water partition coefficient (Wildman–Crippen LogP) is 0.436. The summed E-state index contributed by atoms with van der Waals surface area (Å²) in [6, 6.07) is 3.82. The number of hydrogen-bond donors (Lipinski definition) is 0. The van der Waals surface area contributed by atoms with Crippen LogP contribution < -0.4 is 4.90 Å². The second-order valence-electron chi connectivity index (χ2n) is 6.41. The van der Waals surface area contributed by atoms with Crippen LogP contribution in [0.5, 0.6) is 0 Å². The highest BCUT2D eigenvalue weighted by Gasteiger charge is 2.35. The summed E-state index contributed by atoms with van der Waals surface area (Å²) >= 11 is 0. The molecule has 0 bridgehead atoms. The van der Waals surface area contributed by atoms with Crippen LogP contribution in [0, 0.1) is 0 Å². The van der Waals surface area contributed by atoms with Crippen molar-refractivity contribution >= 4 is 23.4 Å². The summed E-state index contributed by atoms with van der Waals surface area (Å²) in [5, 5.41) is 0. The van der Waals surface area contributed by atoms with Crippen molar-refractivity contribution in [2.24, 2.45) is 0 Å². The summed E-state index contributed by atoms with van der Waals surface area (Å²) in [5.41, 5.74) is 3.80. The molecule has 1 aromatic carbocycles. The lowest BCUT2D eigenvalue weighted by Crippen LogP contribution is -2.50. The SMILES string of the molecule is CC(=O)N1CCN(C(=O)c2cc3c4c(c2)CC(=O)N4CC3)CC1. The van der Waals surface area contributed by atoms with Crippen LogP contribution in [0.25, 0.3) is 0 Å². The van der Waals surface area contributed by atoms with E-state index in [1.807, 2.05) is 17.0 Å². The second-order valence-corrected chi connectivity index (χ2v) is 6.41. The normalized spacial score (nSPS) is 19.3. The van der Waals surface area contributed by atoms with Crippen molar-refractivity contribution in [2.75, 3.05) is 37.6 Å². The minimum Gasteiger partial charge on any atom is -0.339 e. The molecule has 1 fully saturated rings. The van der Waals surface area contributed by atoms with Crippen LogP contribution in [-0.2, 0) is 22.4 Å². The van der Waals surface area contributed by atoms with Gasteiger partial charge in [0.15, 0.2) is 0 Å². The average molecular weight is 313 g/mol. The van der Waals surface area contributed by atoms with Gasteiger partial charge in [0.2, 0.25) is 11.8 Å². The molecule has 0 aromatic heterocycles. The third kappa shape index (κ3) is 2.20. The lowest BCUT2D eigenvalue weighted by molar-refractivity contribution is -0.130. The maximum absolute atomic E-state index is 12.8. The molecule has 0 unspecified atom stereocenters. The summed E-state index contributed by atoms with van der Waals surface area (Å²) < 4.78 is 0. The van der Waals surface area contributed by atoms with E-state index < -0.39 is 0 Å². The third-order valence-corrected chi connectivity index (χ3v) is 5.04. The van der Waals surface area contributed by atoms with Gasteiger partial charge in [-0.15, -0.1) is 0 Å². The Bertz CT molecular complexity index is 720. The van der Waals surface area contributed by atoms with Crippen LogP contribution in [-0.4, -0.2) is 60.2 Å². The van der Waals surface area contributed by atoms with Crippen LogP contribution in [0.3, 0.4) is 0 Å². The topological polar surface area (TPSA) is 60.9 Å². The first-order valence-electron chi connectivity index (χ1n) is 8.05. The van der Waals surface area contributed by atoms with Crippen LogP contribution in [0.1, 0.15) is 28.4 Å². The summed E-state index contributed by atoms with van der Waals surface area (Å²) in [5.74, 6) is 0.199. The molecule has 1 aromatic rings. The lowest BCUT2D eigenvalue weighted by Gasteiger charge is -2.34. The molecule has 6 nitrogen and oxygen atoms in total. The largest absolute Gasteiger partial charge is 0.339 e. The highest BCUT2D eigenvalue weighted by molar-refractivity contribution is 6.05. The van der Waals surface area contributed by atoms with Crippen molar-refractivity contribution in [3.05, 3.63) is 28.8 Å². The Morgan fingerprint density at radius 1 is 0.957 bits per heavy atom. The highest BCUT2D eigenvalue weighted by atomic mass is 16.2. The molecule has 23 heavy (non-hydrogen) atoms. The zero-order valence-corrected chi connectivity index (χ0v) is 13.2. The smallest absolute Gasteiger partial charge is 0.253 e. The zero-order chi connectivity index (χ0) is 16.1. The number of anilines is 1. The van der Waals surface area contributed by atoms with Crippen LogP contribution in [0.15, 0.2) is 12.1 Å². The summed E-state index contributed by atoms with van der Waals surface area (Å²) in [6.07, 6.45) is 1.23. The first kappa shape index (κ1) is 14.2. The van der Waals surface area contributed by atoms with Crippen LogP contribution >= 0.6 is 0 Å². The Morgan fingerprint density at radius 2 is 1.61 bits per heavy atom. The number of carbonyl (C=O) groups is 3. The molecule has 0 spiro atoms. The standard InChI is InChI=1S/C17H19N3O3/c1-11(21)18-4-6-19(7-5-18)17(23)14-8-12-2-3-20-15(22)10-13(9-14)16(12)20/h8-9H,2-7,10H2,1H3. The molecule has 3 heterocycles. The fourth-order valence-electron chi connectivity index (χ4n) is 3.81. The number of hydrogen-bond acceptors (Lipinski definition) is 3. The molecule has 120 valence electrons. The fourth-order valence-corrected chi connectivity index (χ4v) is 3.81. The molecule has 0 radical (unpaired) electrons. The number of carbonyl (C=O) groups excluding carboxylic acids is 3. The van der Waals surface area contributed by atoms with Gasteiger partial charge in [0.05, 0.1) is 12.1 Å². The van der Waals surface area contributed by atoms with E-state index in [4.69, 9.17) is 0 Å². The molecule has 3 aliphatic rings. The second kappa shape index (κ2) is 5.08. The molecule has 1 saturated heterocycles. The van der Waals surface area contributed by atoms with Gasteiger partial charge >= 0.3 is 0 Å². The van der Waals surface area contributed by atoms with E-state index in [-0.39, 0.29) is 17.7 Å². The van der Waals surface area contributed by atoms with Crippen molar-refractivity contribution in [2.45, 2.75) is 19.8 Å². The molecule has 0 aliphatic carbocycles. The van der Waals surface area contributed by atoms with E-state index in [0.29, 0.717) is 38.2 Å². The summed E-state index contributed by atoms with van der Waals surface area (Å²) in [4.78, 5) is 41.5. The maximum atomic E-state index is 12.8. The zero-order valence-electron chi connectivity index (χ0n) is 13.2. The van der Waals surface area contributed by atoms with Gasteiger partial charge < -0.3 is 14.7 Å². The average Bonchev–Trinajstić information content (AvgIpc) is 3.11. The van der Waals surface area contributed by atoms with E-state index in [1.54, 1.807) is 16.7 Å². The number of benzene rings is 1. The monoisotopic (exact) mass is 313 g/mol. The van der Waals surface area contributed by atoms with Gasteiger partial charge in [-0.1, -0.05) is 0 Å². The molecule has 0 N–H and O–H groups in total. The Morgan fingerprint density at radius 3 is 2.30 bits per heavy atom. The number of amides is 3. The third-order valence-electron chi connectivity index (χ3n) is 5.04. The molecule has 6 heteroatoms. The fraction of sp³-hybridized carbons (Fsp3) is 0.471. The lowest BCUT2D eigenvalue weighted by atomic mass is 10.0. The number of rotatable bonds is 1. The van der Waals surface area contributed by atoms with Crippen molar-refractivity contribution < 1.29 is 14.4 Å². The maximum Gasteiger partial charge on any atom is 0.253 e. The molecular weight excluding hydrogens is 294 g/mol. The van der Waals surface area contributed by atoms with E-state index in [0.717, 1.165) is 29.8 Å². The minimum atomic E-state index is 0.00468. The highest BCUT2D eigenvalue weighted by Crippen LogP contribution is 2.38. The summed E-state index contributed by atoms with van der Waals surface area (Å²) in [6.45, 7) is 4.60. The summed E-state index contributed by atoms with van der Waals surface area (Å²) in [7, 11) is 0. The van der Waals surface area contributed by atoms with Crippen molar-refractivity contribution in [1.82, 2.24) is 9.80 Å². The molecule has 4 rings (SSSR count).